The average Bonchev–Trinajstić information content (AvgIpc) is 4.23. The minimum Gasteiger partial charge on any atom is -0.435 e. The summed E-state index contributed by atoms with van der Waals surface area (Å²) in [5.74, 6) is 1.72. The molecule has 0 aliphatic heterocycles. The zero-order valence-electron chi connectivity index (χ0n) is 40.7. The highest BCUT2D eigenvalue weighted by atomic mass is 16.4. The maximum Gasteiger partial charge on any atom is 0.227 e. The van der Waals surface area contributed by atoms with Crippen LogP contribution in [0.2, 0.25) is 0 Å². The van der Waals surface area contributed by atoms with Crippen molar-refractivity contribution < 1.29 is 8.83 Å². The summed E-state index contributed by atoms with van der Waals surface area (Å²) >= 11 is 0. The van der Waals surface area contributed by atoms with Crippen LogP contribution in [-0.4, -0.2) is 19.9 Å². The quantitative estimate of drug-likeness (QED) is 0.155. The van der Waals surface area contributed by atoms with Gasteiger partial charge in [-0.1, -0.05) is 206 Å². The Balaban J connectivity index is 0.902. The van der Waals surface area contributed by atoms with Gasteiger partial charge >= 0.3 is 0 Å². The van der Waals surface area contributed by atoms with Gasteiger partial charge in [0, 0.05) is 54.7 Å². The summed E-state index contributed by atoms with van der Waals surface area (Å²) < 4.78 is 13.4. The maximum absolute atomic E-state index is 6.72. The van der Waals surface area contributed by atoms with E-state index in [9.17, 15) is 0 Å². The number of aromatic nitrogens is 4. The molecule has 0 unspecified atom stereocenters. The Bertz CT molecular complexity index is 4900. The van der Waals surface area contributed by atoms with Crippen molar-refractivity contribution in [1.82, 2.24) is 19.9 Å². The number of oxazole rings is 2. The first-order valence-corrected chi connectivity index (χ1v) is 25.6. The predicted molar refractivity (Wildman–Crippen MR) is 312 cm³/mol. The average molecular weight is 969 g/mol. The topological polar surface area (TPSA) is 77.8 Å². The third-order valence-electron chi connectivity index (χ3n) is 15.3. The van der Waals surface area contributed by atoms with E-state index in [1.807, 2.05) is 0 Å². The number of hydrogen-bond acceptors (Lipinski definition) is 6. The molecule has 0 fully saturated rings. The minimum atomic E-state index is 0.558. The summed E-state index contributed by atoms with van der Waals surface area (Å²) in [6.07, 6.45) is 0. The Morgan fingerprint density at radius 1 is 0.237 bits per heavy atom. The lowest BCUT2D eigenvalue weighted by molar-refractivity contribution is 0.622. The molecule has 0 spiro atoms. The van der Waals surface area contributed by atoms with Gasteiger partial charge in [-0.05, 0) is 96.2 Å². The van der Waals surface area contributed by atoms with Gasteiger partial charge < -0.3 is 8.83 Å². The zero-order valence-corrected chi connectivity index (χ0v) is 40.7. The fraction of sp³-hybridized carbons (Fsp3) is 0. The van der Waals surface area contributed by atoms with Crippen molar-refractivity contribution in [1.29, 1.82) is 0 Å². The molecule has 16 aromatic rings. The Kier molecular flexibility index (Phi) is 9.23. The molecule has 0 aliphatic carbocycles. The van der Waals surface area contributed by atoms with Crippen molar-refractivity contribution in [2.75, 3.05) is 0 Å². The smallest absolute Gasteiger partial charge is 0.227 e. The third kappa shape index (κ3) is 6.54. The van der Waals surface area contributed by atoms with E-state index < -0.39 is 0 Å². The Morgan fingerprint density at radius 2 is 0.645 bits per heavy atom. The van der Waals surface area contributed by atoms with E-state index in [2.05, 4.69) is 243 Å². The highest BCUT2D eigenvalue weighted by Gasteiger charge is 2.22. The third-order valence-corrected chi connectivity index (χ3v) is 15.3. The number of rotatable bonds is 6. The lowest BCUT2D eigenvalue weighted by Crippen LogP contribution is -1.98. The lowest BCUT2D eigenvalue weighted by Gasteiger charge is -2.17. The second-order valence-electron chi connectivity index (χ2n) is 19.6. The molecule has 6 heteroatoms. The van der Waals surface area contributed by atoms with Gasteiger partial charge in [0.15, 0.2) is 17.0 Å². The van der Waals surface area contributed by atoms with Crippen molar-refractivity contribution in [3.8, 4) is 67.8 Å². The van der Waals surface area contributed by atoms with Crippen LogP contribution in [0.5, 0.6) is 0 Å². The second kappa shape index (κ2) is 16.6. The summed E-state index contributed by atoms with van der Waals surface area (Å²) in [6.45, 7) is 0. The van der Waals surface area contributed by atoms with Crippen LogP contribution in [0.3, 0.4) is 0 Å². The van der Waals surface area contributed by atoms with Gasteiger partial charge in [-0.2, -0.15) is 0 Å². The first-order chi connectivity index (χ1) is 37.7. The molecule has 352 valence electrons. The van der Waals surface area contributed by atoms with E-state index in [1.54, 1.807) is 0 Å². The number of benzene rings is 13. The van der Waals surface area contributed by atoms with Crippen LogP contribution in [0, 0.1) is 0 Å². The largest absolute Gasteiger partial charge is 0.435 e. The van der Waals surface area contributed by atoms with Crippen LogP contribution < -0.4 is 0 Å². The molecule has 0 bridgehead atoms. The SMILES string of the molecule is c1ccc2c(-c3cc(-c4cccc5ccccc45)c4nc(-c5ccc(-c6nc7c8ccccc8c8ccccc8c7o6)cc5)nc(-c5ccc(-c6nc7c8ccccc8c8ccccc8c7o6)cc5)c4c3)cccc2c1. The van der Waals surface area contributed by atoms with E-state index in [4.69, 9.17) is 28.8 Å². The summed E-state index contributed by atoms with van der Waals surface area (Å²) in [5.41, 5.74) is 12.8. The molecular weight excluding hydrogens is 929 g/mol. The molecule has 0 saturated heterocycles. The molecule has 0 radical (unpaired) electrons. The standard InChI is InChI=1S/C70H40N4O2/c1-3-19-48-41(15-1)17-13-29-50(48)47-39-60(51-30-14-18-42-16-2-4-20-49(42)51)63-61(40-47)62(43-31-35-45(36-32-43)69-73-64-56-25-9-5-21-52(56)54-23-7-11-27-58(54)66(64)75-69)71-68(72-63)44-33-37-46(38-34-44)70-74-65-57-26-10-6-22-53(57)55-24-8-12-28-59(55)67(65)76-70/h1-40H. The molecule has 76 heavy (non-hydrogen) atoms. The molecule has 0 atom stereocenters. The first kappa shape index (κ1) is 42.2. The van der Waals surface area contributed by atoms with E-state index in [-0.39, 0.29) is 0 Å². The molecule has 3 aromatic heterocycles. The summed E-state index contributed by atoms with van der Waals surface area (Å²) in [7, 11) is 0. The highest BCUT2D eigenvalue weighted by Crippen LogP contribution is 2.44. The van der Waals surface area contributed by atoms with Crippen LogP contribution in [-0.2, 0) is 0 Å². The molecule has 6 nitrogen and oxygen atoms in total. The Labute approximate surface area is 434 Å². The molecule has 13 aromatic carbocycles. The molecule has 0 saturated carbocycles. The monoisotopic (exact) mass is 968 g/mol. The van der Waals surface area contributed by atoms with Gasteiger partial charge in [0.2, 0.25) is 11.8 Å². The Morgan fingerprint density at radius 3 is 1.18 bits per heavy atom. The predicted octanol–water partition coefficient (Wildman–Crippen LogP) is 18.8. The van der Waals surface area contributed by atoms with Crippen LogP contribution in [0.4, 0.5) is 0 Å². The van der Waals surface area contributed by atoms with Gasteiger partial charge in [-0.15, -0.1) is 0 Å². The molecule has 0 amide bonds. The Hall–Kier alpha value is -10.3. The number of hydrogen-bond donors (Lipinski definition) is 0. The normalized spacial score (nSPS) is 11.9. The van der Waals surface area contributed by atoms with Crippen LogP contribution in [0.25, 0.3) is 166 Å². The summed E-state index contributed by atoms with van der Waals surface area (Å²) in [5, 5.41) is 14.4. The van der Waals surface area contributed by atoms with Crippen molar-refractivity contribution >= 4 is 97.7 Å². The molecule has 0 aliphatic rings. The van der Waals surface area contributed by atoms with E-state index in [1.165, 1.54) is 10.8 Å². The van der Waals surface area contributed by atoms with Gasteiger partial charge in [-0.25, -0.2) is 19.9 Å². The molecule has 16 rings (SSSR count). The van der Waals surface area contributed by atoms with Crippen molar-refractivity contribution in [3.63, 3.8) is 0 Å². The van der Waals surface area contributed by atoms with Gasteiger partial charge in [-0.3, -0.25) is 0 Å². The zero-order chi connectivity index (χ0) is 49.8. The fourth-order valence-corrected chi connectivity index (χ4v) is 11.7. The summed E-state index contributed by atoms with van der Waals surface area (Å²) in [6, 6.07) is 85.2. The molecule has 3 heterocycles. The van der Waals surface area contributed by atoms with E-state index in [0.29, 0.717) is 17.6 Å². The van der Waals surface area contributed by atoms with Crippen LogP contribution >= 0.6 is 0 Å². The fourth-order valence-electron chi connectivity index (χ4n) is 11.7. The van der Waals surface area contributed by atoms with Crippen LogP contribution in [0.15, 0.2) is 251 Å². The highest BCUT2D eigenvalue weighted by molar-refractivity contribution is 6.24. The number of fused-ring (bicyclic) bond motifs is 15. The van der Waals surface area contributed by atoms with Crippen molar-refractivity contribution in [2.24, 2.45) is 0 Å². The lowest BCUT2D eigenvalue weighted by atomic mass is 9.90. The summed E-state index contributed by atoms with van der Waals surface area (Å²) in [4.78, 5) is 21.4. The van der Waals surface area contributed by atoms with Crippen molar-refractivity contribution in [2.45, 2.75) is 0 Å². The molecular formula is C70H40N4O2. The van der Waals surface area contributed by atoms with Crippen molar-refractivity contribution in [3.05, 3.63) is 243 Å². The maximum atomic E-state index is 6.72. The van der Waals surface area contributed by atoms with Crippen LogP contribution in [0.1, 0.15) is 0 Å². The number of nitrogens with zero attached hydrogens (tertiary/aromatic N) is 4. The van der Waals surface area contributed by atoms with E-state index >= 15 is 0 Å². The second-order valence-corrected chi connectivity index (χ2v) is 19.6. The van der Waals surface area contributed by atoms with Gasteiger partial charge in [0.1, 0.15) is 11.0 Å². The van der Waals surface area contributed by atoms with Gasteiger partial charge in [0.05, 0.1) is 11.2 Å². The van der Waals surface area contributed by atoms with Gasteiger partial charge in [0.25, 0.3) is 0 Å². The van der Waals surface area contributed by atoms with E-state index in [0.717, 1.165) is 137 Å². The molecule has 0 N–H and O–H groups in total. The first-order valence-electron chi connectivity index (χ1n) is 25.6. The minimum absolute atomic E-state index is 0.558.